The Labute approximate surface area is 97.3 Å². The van der Waals surface area contributed by atoms with Crippen molar-refractivity contribution in [2.45, 2.75) is 33.7 Å². The second kappa shape index (κ2) is 3.61. The van der Waals surface area contributed by atoms with Gasteiger partial charge in [0.2, 0.25) is 7.98 Å². The number of hydrogen-bond donors (Lipinski definition) is 0. The minimum absolute atomic E-state index is 0.0392. The minimum atomic E-state index is 0.0392. The van der Waals surface area contributed by atoms with Gasteiger partial charge in [-0.15, -0.1) is 0 Å². The summed E-state index contributed by atoms with van der Waals surface area (Å²) in [6.07, 6.45) is 2.83. The summed E-state index contributed by atoms with van der Waals surface area (Å²) in [5, 5.41) is 0. The van der Waals surface area contributed by atoms with Crippen molar-refractivity contribution >= 4 is 13.9 Å². The van der Waals surface area contributed by atoms with Gasteiger partial charge in [0, 0.05) is 18.3 Å². The van der Waals surface area contributed by atoms with Crippen molar-refractivity contribution in [3.8, 4) is 0 Å². The Morgan fingerprint density at radius 2 is 2.19 bits per heavy atom. The van der Waals surface area contributed by atoms with Crippen molar-refractivity contribution in [1.82, 2.24) is 9.79 Å². The van der Waals surface area contributed by atoms with Gasteiger partial charge >= 0.3 is 0 Å². The summed E-state index contributed by atoms with van der Waals surface area (Å²) in [5.41, 5.74) is 3.16. The Morgan fingerprint density at radius 1 is 1.50 bits per heavy atom. The van der Waals surface area contributed by atoms with Crippen LogP contribution in [0.25, 0.3) is 0 Å². The Morgan fingerprint density at radius 3 is 2.81 bits per heavy atom. The lowest BCUT2D eigenvalue weighted by Gasteiger charge is -2.18. The van der Waals surface area contributed by atoms with E-state index in [9.17, 15) is 4.79 Å². The molecule has 84 valence electrons. The third kappa shape index (κ3) is 2.10. The van der Waals surface area contributed by atoms with Gasteiger partial charge in [0.25, 0.3) is 5.91 Å². The smallest absolute Gasteiger partial charge is 0.260 e. The number of hydrogen-bond acceptors (Lipinski definition) is 2. The zero-order valence-corrected chi connectivity index (χ0v) is 10.4. The van der Waals surface area contributed by atoms with Gasteiger partial charge in [-0.25, -0.2) is 0 Å². The maximum atomic E-state index is 11.7. The highest BCUT2D eigenvalue weighted by atomic mass is 16.2. The van der Waals surface area contributed by atoms with Crippen LogP contribution in [0.4, 0.5) is 0 Å². The summed E-state index contributed by atoms with van der Waals surface area (Å²) in [6.45, 7) is 7.31. The monoisotopic (exact) mass is 216 g/mol. The van der Waals surface area contributed by atoms with E-state index < -0.39 is 0 Å². The Balaban J connectivity index is 2.29. The molecule has 2 heterocycles. The topological polar surface area (TPSA) is 33.2 Å². The normalized spacial score (nSPS) is 15.4. The Hall–Kier alpha value is -1.32. The molecule has 2 rings (SSSR count). The van der Waals surface area contributed by atoms with E-state index in [1.807, 2.05) is 14.2 Å². The fourth-order valence-electron chi connectivity index (χ4n) is 2.09. The van der Waals surface area contributed by atoms with E-state index in [0.29, 0.717) is 12.2 Å². The van der Waals surface area contributed by atoms with Crippen molar-refractivity contribution in [3.63, 3.8) is 0 Å². The molecule has 1 aromatic rings. The Bertz CT molecular complexity index is 437. The first-order chi connectivity index (χ1) is 7.37. The van der Waals surface area contributed by atoms with E-state index in [0.717, 1.165) is 12.0 Å². The highest BCUT2D eigenvalue weighted by Gasteiger charge is 2.25. The molecule has 1 amide bonds. The molecule has 16 heavy (non-hydrogen) atoms. The molecule has 0 atom stereocenters. The molecule has 0 N–H and O–H groups in total. The molecule has 3 nitrogen and oxygen atoms in total. The number of rotatable bonds is 1. The first-order valence-electron chi connectivity index (χ1n) is 5.60. The van der Waals surface area contributed by atoms with E-state index >= 15 is 0 Å². The molecule has 0 saturated carbocycles. The van der Waals surface area contributed by atoms with E-state index in [2.05, 4.69) is 31.8 Å². The van der Waals surface area contributed by atoms with Crippen LogP contribution in [0.2, 0.25) is 0 Å². The van der Waals surface area contributed by atoms with Crippen LogP contribution >= 0.6 is 0 Å². The molecule has 1 aliphatic rings. The number of nitrogens with zero attached hydrogens (tertiary/aromatic N) is 2. The molecule has 0 radical (unpaired) electrons. The molecule has 0 bridgehead atoms. The second-order valence-corrected chi connectivity index (χ2v) is 5.75. The number of carbonyl (C=O) groups is 1. The van der Waals surface area contributed by atoms with Crippen molar-refractivity contribution in [1.29, 1.82) is 0 Å². The second-order valence-electron chi connectivity index (χ2n) is 5.75. The summed E-state index contributed by atoms with van der Waals surface area (Å²) in [7, 11) is 1.81. The summed E-state index contributed by atoms with van der Waals surface area (Å²) in [5.74, 6) is 0.0392. The van der Waals surface area contributed by atoms with Crippen LogP contribution in [0, 0.1) is 5.41 Å². The summed E-state index contributed by atoms with van der Waals surface area (Å²) in [4.78, 5) is 17.6. The molecule has 4 heteroatoms. The average Bonchev–Trinajstić information content (AvgIpc) is 2.40. The number of aromatic nitrogens is 1. The van der Waals surface area contributed by atoms with E-state index in [-0.39, 0.29) is 11.3 Å². The molecule has 0 unspecified atom stereocenters. The van der Waals surface area contributed by atoms with Crippen molar-refractivity contribution in [2.75, 3.05) is 0 Å². The quantitative estimate of drug-likeness (QED) is 0.660. The zero-order valence-electron chi connectivity index (χ0n) is 10.4. The fraction of sp³-hybridized carbons (Fsp3) is 0.500. The lowest BCUT2D eigenvalue weighted by atomic mass is 9.88. The van der Waals surface area contributed by atoms with Crippen LogP contribution in [0.1, 0.15) is 42.4 Å². The van der Waals surface area contributed by atoms with Crippen LogP contribution in [0.5, 0.6) is 0 Å². The average molecular weight is 216 g/mol. The van der Waals surface area contributed by atoms with Gasteiger partial charge in [-0.3, -0.25) is 9.78 Å². The van der Waals surface area contributed by atoms with Crippen LogP contribution in [0.3, 0.4) is 0 Å². The molecule has 1 aliphatic heterocycles. The minimum Gasteiger partial charge on any atom is -0.384 e. The molecular formula is C12H17BN2O. The van der Waals surface area contributed by atoms with Crippen LogP contribution < -0.4 is 0 Å². The third-order valence-corrected chi connectivity index (χ3v) is 2.71. The van der Waals surface area contributed by atoms with Gasteiger partial charge < -0.3 is 4.81 Å². The van der Waals surface area contributed by atoms with E-state index in [1.165, 1.54) is 5.56 Å². The zero-order chi connectivity index (χ0) is 11.9. The van der Waals surface area contributed by atoms with Gasteiger partial charge in [-0.1, -0.05) is 26.8 Å². The summed E-state index contributed by atoms with van der Waals surface area (Å²) >= 11 is 0. The number of carbonyl (C=O) groups excluding carboxylic acids is 1. The lowest BCUT2D eigenvalue weighted by molar-refractivity contribution is 0.0876. The van der Waals surface area contributed by atoms with Crippen LogP contribution in [-0.2, 0) is 13.0 Å². The molecule has 0 aromatic carbocycles. The standard InChI is InChI=1S/C12H17BN2O/c1-12(2,3)5-8-4-9-7-15(13)11(16)10(9)14-6-8/h4,6H,5,7,13H2,1-3H3. The van der Waals surface area contributed by atoms with Crippen molar-refractivity contribution in [3.05, 3.63) is 29.1 Å². The number of amides is 1. The predicted molar refractivity (Wildman–Crippen MR) is 65.8 cm³/mol. The number of fused-ring (bicyclic) bond motifs is 1. The van der Waals surface area contributed by atoms with Gasteiger partial charge in [0.15, 0.2) is 0 Å². The maximum Gasteiger partial charge on any atom is 0.260 e. The molecule has 0 spiro atoms. The van der Waals surface area contributed by atoms with Gasteiger partial charge in [0.1, 0.15) is 5.69 Å². The SMILES string of the molecule is BN1Cc2cc(CC(C)(C)C)cnc2C1=O. The molecular weight excluding hydrogens is 199 g/mol. The van der Waals surface area contributed by atoms with Crippen molar-refractivity contribution < 1.29 is 4.79 Å². The molecule has 0 fully saturated rings. The summed E-state index contributed by atoms with van der Waals surface area (Å²) < 4.78 is 0. The highest BCUT2D eigenvalue weighted by Crippen LogP contribution is 2.24. The van der Waals surface area contributed by atoms with Gasteiger partial charge in [-0.2, -0.15) is 0 Å². The molecule has 0 saturated heterocycles. The predicted octanol–water partition coefficient (Wildman–Crippen LogP) is 1.17. The Kier molecular flexibility index (Phi) is 2.52. The maximum absolute atomic E-state index is 11.7. The van der Waals surface area contributed by atoms with Crippen LogP contribution in [-0.4, -0.2) is 23.7 Å². The summed E-state index contributed by atoms with van der Waals surface area (Å²) in [6, 6.07) is 2.12. The van der Waals surface area contributed by atoms with Crippen LogP contribution in [0.15, 0.2) is 12.3 Å². The first-order valence-corrected chi connectivity index (χ1v) is 5.60. The molecule has 1 aromatic heterocycles. The fourth-order valence-corrected chi connectivity index (χ4v) is 2.09. The van der Waals surface area contributed by atoms with Crippen molar-refractivity contribution in [2.24, 2.45) is 5.41 Å². The highest BCUT2D eigenvalue weighted by molar-refractivity contribution is 6.19. The van der Waals surface area contributed by atoms with Gasteiger partial charge in [-0.05, 0) is 17.4 Å². The number of pyridine rings is 1. The molecule has 0 aliphatic carbocycles. The lowest BCUT2D eigenvalue weighted by Crippen LogP contribution is -2.19. The van der Waals surface area contributed by atoms with E-state index in [4.69, 9.17) is 0 Å². The third-order valence-electron chi connectivity index (χ3n) is 2.71. The largest absolute Gasteiger partial charge is 0.384 e. The van der Waals surface area contributed by atoms with E-state index in [1.54, 1.807) is 4.81 Å². The van der Waals surface area contributed by atoms with Gasteiger partial charge in [0.05, 0.1) is 0 Å². The first kappa shape index (κ1) is 11.2.